The molecule has 1 fully saturated rings. The SMILES string of the molecule is CCOC(=O)C[C@@H]1C[C@@](C)(O)C[C@]1(O)C(C)C. The number of aliphatic hydroxyl groups is 2. The predicted octanol–water partition coefficient (Wildman–Crippen LogP) is 1.49. The molecule has 1 aliphatic rings. The summed E-state index contributed by atoms with van der Waals surface area (Å²) in [6.07, 6.45) is 0.945. The normalized spacial score (nSPS) is 37.5. The van der Waals surface area contributed by atoms with Crippen LogP contribution in [0.5, 0.6) is 0 Å². The van der Waals surface area contributed by atoms with Crippen LogP contribution in [-0.2, 0) is 9.53 Å². The maximum atomic E-state index is 11.5. The Balaban J connectivity index is 2.78. The van der Waals surface area contributed by atoms with Crippen LogP contribution in [0.4, 0.5) is 0 Å². The third kappa shape index (κ3) is 3.19. The van der Waals surface area contributed by atoms with E-state index in [9.17, 15) is 15.0 Å². The Morgan fingerprint density at radius 2 is 2.06 bits per heavy atom. The fraction of sp³-hybridized carbons (Fsp3) is 0.923. The first-order chi connectivity index (χ1) is 7.71. The number of esters is 1. The summed E-state index contributed by atoms with van der Waals surface area (Å²) < 4.78 is 4.91. The van der Waals surface area contributed by atoms with Crippen molar-refractivity contribution in [2.75, 3.05) is 6.61 Å². The van der Waals surface area contributed by atoms with Crippen molar-refractivity contribution < 1.29 is 19.7 Å². The molecule has 0 bridgehead atoms. The van der Waals surface area contributed by atoms with Gasteiger partial charge in [-0.3, -0.25) is 4.79 Å². The molecule has 17 heavy (non-hydrogen) atoms. The van der Waals surface area contributed by atoms with Crippen molar-refractivity contribution in [3.8, 4) is 0 Å². The van der Waals surface area contributed by atoms with Crippen LogP contribution < -0.4 is 0 Å². The highest BCUT2D eigenvalue weighted by atomic mass is 16.5. The molecule has 1 rings (SSSR count). The molecular weight excluding hydrogens is 220 g/mol. The van der Waals surface area contributed by atoms with Crippen LogP contribution in [0, 0.1) is 11.8 Å². The highest BCUT2D eigenvalue weighted by Crippen LogP contribution is 2.47. The van der Waals surface area contributed by atoms with Gasteiger partial charge in [-0.05, 0) is 26.2 Å². The molecule has 0 saturated heterocycles. The molecule has 0 spiro atoms. The van der Waals surface area contributed by atoms with Crippen molar-refractivity contribution >= 4 is 5.97 Å². The van der Waals surface area contributed by atoms with E-state index in [0.29, 0.717) is 19.4 Å². The Hall–Kier alpha value is -0.610. The zero-order chi connectivity index (χ0) is 13.3. The van der Waals surface area contributed by atoms with Gasteiger partial charge in [0.25, 0.3) is 0 Å². The number of hydrogen-bond donors (Lipinski definition) is 2. The maximum Gasteiger partial charge on any atom is 0.306 e. The second-order valence-corrected chi connectivity index (χ2v) is 5.73. The maximum absolute atomic E-state index is 11.5. The minimum Gasteiger partial charge on any atom is -0.466 e. The highest BCUT2D eigenvalue weighted by molar-refractivity contribution is 5.70. The Kier molecular flexibility index (Phi) is 4.20. The summed E-state index contributed by atoms with van der Waals surface area (Å²) in [5.74, 6) is -0.512. The molecule has 1 aliphatic carbocycles. The van der Waals surface area contributed by atoms with Gasteiger partial charge in [0.05, 0.1) is 24.2 Å². The molecular formula is C13H24O4. The third-order valence-electron chi connectivity index (χ3n) is 3.78. The molecule has 4 nitrogen and oxygen atoms in total. The largest absolute Gasteiger partial charge is 0.466 e. The lowest BCUT2D eigenvalue weighted by Crippen LogP contribution is -2.40. The lowest BCUT2D eigenvalue weighted by molar-refractivity contribution is -0.147. The minimum absolute atomic E-state index is 0.0101. The van der Waals surface area contributed by atoms with E-state index in [-0.39, 0.29) is 24.2 Å². The van der Waals surface area contributed by atoms with E-state index in [0.717, 1.165) is 0 Å². The van der Waals surface area contributed by atoms with Gasteiger partial charge in [-0.2, -0.15) is 0 Å². The van der Waals surface area contributed by atoms with Crippen molar-refractivity contribution in [1.29, 1.82) is 0 Å². The summed E-state index contributed by atoms with van der Waals surface area (Å²) >= 11 is 0. The van der Waals surface area contributed by atoms with Crippen LogP contribution in [0.15, 0.2) is 0 Å². The zero-order valence-corrected chi connectivity index (χ0v) is 11.2. The van der Waals surface area contributed by atoms with Crippen LogP contribution in [0.2, 0.25) is 0 Å². The van der Waals surface area contributed by atoms with Crippen LogP contribution in [-0.4, -0.2) is 34.0 Å². The van der Waals surface area contributed by atoms with E-state index in [1.165, 1.54) is 0 Å². The number of rotatable bonds is 4. The van der Waals surface area contributed by atoms with Gasteiger partial charge in [-0.1, -0.05) is 13.8 Å². The van der Waals surface area contributed by atoms with Gasteiger partial charge in [0.2, 0.25) is 0 Å². The van der Waals surface area contributed by atoms with Crippen molar-refractivity contribution in [2.45, 2.75) is 58.2 Å². The van der Waals surface area contributed by atoms with Crippen molar-refractivity contribution in [3.05, 3.63) is 0 Å². The summed E-state index contributed by atoms with van der Waals surface area (Å²) in [6, 6.07) is 0. The summed E-state index contributed by atoms with van der Waals surface area (Å²) in [4.78, 5) is 11.5. The van der Waals surface area contributed by atoms with Gasteiger partial charge in [0, 0.05) is 12.3 Å². The van der Waals surface area contributed by atoms with E-state index >= 15 is 0 Å². The first-order valence-corrected chi connectivity index (χ1v) is 6.31. The van der Waals surface area contributed by atoms with Gasteiger partial charge in [-0.15, -0.1) is 0 Å². The lowest BCUT2D eigenvalue weighted by atomic mass is 9.79. The number of carbonyl (C=O) groups is 1. The number of hydrogen-bond acceptors (Lipinski definition) is 4. The Morgan fingerprint density at radius 3 is 2.53 bits per heavy atom. The van der Waals surface area contributed by atoms with Crippen molar-refractivity contribution in [1.82, 2.24) is 0 Å². The van der Waals surface area contributed by atoms with Crippen molar-refractivity contribution in [3.63, 3.8) is 0 Å². The molecule has 1 saturated carbocycles. The van der Waals surface area contributed by atoms with Crippen LogP contribution >= 0.6 is 0 Å². The zero-order valence-electron chi connectivity index (χ0n) is 11.2. The van der Waals surface area contributed by atoms with Gasteiger partial charge in [0.1, 0.15) is 0 Å². The van der Waals surface area contributed by atoms with E-state index in [1.54, 1.807) is 13.8 Å². The molecule has 0 aromatic rings. The molecule has 0 aliphatic heterocycles. The molecule has 0 amide bonds. The standard InChI is InChI=1S/C13H24O4/c1-5-17-11(14)6-10-7-12(4,15)8-13(10,16)9(2)3/h9-10,15-16H,5-8H2,1-4H3/t10-,12-,13+/m1/s1. The smallest absolute Gasteiger partial charge is 0.306 e. The van der Waals surface area contributed by atoms with Crippen LogP contribution in [0.1, 0.15) is 47.0 Å². The second-order valence-electron chi connectivity index (χ2n) is 5.73. The van der Waals surface area contributed by atoms with Crippen molar-refractivity contribution in [2.24, 2.45) is 11.8 Å². The molecule has 0 radical (unpaired) electrons. The first-order valence-electron chi connectivity index (χ1n) is 6.31. The van der Waals surface area contributed by atoms with Gasteiger partial charge < -0.3 is 14.9 Å². The molecule has 100 valence electrons. The van der Waals surface area contributed by atoms with E-state index in [1.807, 2.05) is 13.8 Å². The van der Waals surface area contributed by atoms with Gasteiger partial charge in [0.15, 0.2) is 0 Å². The average molecular weight is 244 g/mol. The third-order valence-corrected chi connectivity index (χ3v) is 3.78. The molecule has 4 heteroatoms. The Labute approximate surface area is 103 Å². The van der Waals surface area contributed by atoms with E-state index in [4.69, 9.17) is 4.74 Å². The monoisotopic (exact) mass is 244 g/mol. The lowest BCUT2D eigenvalue weighted by Gasteiger charge is -2.33. The fourth-order valence-electron chi connectivity index (χ4n) is 2.88. The average Bonchev–Trinajstić information content (AvgIpc) is 2.37. The molecule has 0 aromatic heterocycles. The molecule has 0 aromatic carbocycles. The minimum atomic E-state index is -0.976. The summed E-state index contributed by atoms with van der Waals surface area (Å²) in [6.45, 7) is 7.66. The number of ether oxygens (including phenoxy) is 1. The summed E-state index contributed by atoms with van der Waals surface area (Å²) in [5.41, 5.74) is -1.87. The van der Waals surface area contributed by atoms with Gasteiger partial charge >= 0.3 is 5.97 Å². The topological polar surface area (TPSA) is 66.8 Å². The molecule has 3 atom stereocenters. The summed E-state index contributed by atoms with van der Waals surface area (Å²) in [5, 5.41) is 20.7. The molecule has 2 N–H and O–H groups in total. The fourth-order valence-corrected chi connectivity index (χ4v) is 2.88. The second kappa shape index (κ2) is 4.94. The van der Waals surface area contributed by atoms with Crippen LogP contribution in [0.25, 0.3) is 0 Å². The Bertz CT molecular complexity index is 285. The first kappa shape index (κ1) is 14.5. The Morgan fingerprint density at radius 1 is 1.47 bits per heavy atom. The summed E-state index contributed by atoms with van der Waals surface area (Å²) in [7, 11) is 0. The quantitative estimate of drug-likeness (QED) is 0.735. The highest BCUT2D eigenvalue weighted by Gasteiger charge is 2.53. The molecule has 0 unspecified atom stereocenters. The molecule has 0 heterocycles. The van der Waals surface area contributed by atoms with E-state index < -0.39 is 11.2 Å². The van der Waals surface area contributed by atoms with Crippen LogP contribution in [0.3, 0.4) is 0 Å². The van der Waals surface area contributed by atoms with Gasteiger partial charge in [-0.25, -0.2) is 0 Å². The van der Waals surface area contributed by atoms with E-state index in [2.05, 4.69) is 0 Å². The number of carbonyl (C=O) groups excluding carboxylic acids is 1. The predicted molar refractivity (Wildman–Crippen MR) is 64.4 cm³/mol.